The Morgan fingerprint density at radius 2 is 2.12 bits per heavy atom. The highest BCUT2D eigenvalue weighted by Crippen LogP contribution is 1.80. The quantitative estimate of drug-likeness (QED) is 0.261. The summed E-state index contributed by atoms with van der Waals surface area (Å²) in [5.41, 5.74) is 0. The minimum atomic E-state index is -0.722. The minimum Gasteiger partial charge on any atom is -0.463 e. The number of ketones is 1. The molecule has 46 valence electrons. The van der Waals surface area contributed by atoms with E-state index >= 15 is 0 Å². The van der Waals surface area contributed by atoms with Gasteiger partial charge in [-0.2, -0.15) is 0 Å². The van der Waals surface area contributed by atoms with E-state index in [1.807, 2.05) is 0 Å². The number of hydrogen-bond donors (Lipinski definition) is 0. The van der Waals surface area contributed by atoms with Crippen LogP contribution in [0.15, 0.2) is 0 Å². The summed E-state index contributed by atoms with van der Waals surface area (Å²) < 4.78 is 4.14. The van der Waals surface area contributed by atoms with Crippen LogP contribution in [-0.2, 0) is 14.3 Å². The van der Waals surface area contributed by atoms with E-state index in [1.54, 1.807) is 0 Å². The first-order valence-corrected chi connectivity index (χ1v) is 3.75. The van der Waals surface area contributed by atoms with Crippen LogP contribution in [-0.4, -0.2) is 29.1 Å². The van der Waals surface area contributed by atoms with Crippen molar-refractivity contribution in [3.05, 3.63) is 0 Å². The van der Waals surface area contributed by atoms with Gasteiger partial charge in [0.2, 0.25) is 5.78 Å². The van der Waals surface area contributed by atoms with E-state index < -0.39 is 11.8 Å². The molecule has 0 atom stereocenters. The second-order valence-corrected chi connectivity index (χ2v) is 1.98. The summed E-state index contributed by atoms with van der Waals surface area (Å²) in [6, 6.07) is 0.354. The molecule has 0 aliphatic heterocycles. The number of carbonyl (C=O) groups is 2. The Morgan fingerprint density at radius 3 is 2.25 bits per heavy atom. The predicted octanol–water partition coefficient (Wildman–Crippen LogP) is -1.49. The molecular formula is C4H8O3Si. The molecule has 0 spiro atoms. The van der Waals surface area contributed by atoms with Crippen LogP contribution < -0.4 is 0 Å². The molecular weight excluding hydrogens is 124 g/mol. The Kier molecular flexibility index (Phi) is 3.10. The Bertz CT molecular complexity index is 95.9. The van der Waals surface area contributed by atoms with Gasteiger partial charge in [0, 0.05) is 16.3 Å². The maximum absolute atomic E-state index is 10.3. The summed E-state index contributed by atoms with van der Waals surface area (Å²) >= 11 is 0. The average Bonchev–Trinajstić information content (AvgIpc) is 1.84. The highest BCUT2D eigenvalue weighted by atomic mass is 28.1. The summed E-state index contributed by atoms with van der Waals surface area (Å²) in [5.74, 6) is -1.14. The summed E-state index contributed by atoms with van der Waals surface area (Å²) in [7, 11) is 1.93. The normalized spacial score (nSPS) is 8.62. The Hall–Kier alpha value is -0.643. The van der Waals surface area contributed by atoms with Crippen molar-refractivity contribution in [2.75, 3.05) is 7.11 Å². The highest BCUT2D eigenvalue weighted by molar-refractivity contribution is 6.42. The second kappa shape index (κ2) is 3.37. The number of rotatable bonds is 2. The lowest BCUT2D eigenvalue weighted by atomic mass is 10.5. The molecule has 0 heterocycles. The van der Waals surface area contributed by atoms with Crippen molar-refractivity contribution in [1.82, 2.24) is 0 Å². The topological polar surface area (TPSA) is 43.4 Å². The van der Waals surface area contributed by atoms with Gasteiger partial charge in [-0.25, -0.2) is 4.79 Å². The SMILES string of the molecule is COC(=O)C(=O)C[SiH3]. The lowest BCUT2D eigenvalue weighted by Gasteiger charge is -1.90. The van der Waals surface area contributed by atoms with Crippen molar-refractivity contribution in [2.45, 2.75) is 6.04 Å². The van der Waals surface area contributed by atoms with E-state index in [4.69, 9.17) is 0 Å². The van der Waals surface area contributed by atoms with Crippen LogP contribution in [0.3, 0.4) is 0 Å². The first-order chi connectivity index (χ1) is 3.72. The van der Waals surface area contributed by atoms with Gasteiger partial charge in [-0.05, 0) is 0 Å². The van der Waals surface area contributed by atoms with Crippen LogP contribution in [0.25, 0.3) is 0 Å². The Labute approximate surface area is 50.4 Å². The third-order valence-electron chi connectivity index (χ3n) is 0.734. The van der Waals surface area contributed by atoms with Crippen molar-refractivity contribution >= 4 is 22.0 Å². The number of Topliss-reactive ketones (excluding diaryl/α,β-unsaturated/α-hetero) is 1. The molecule has 0 saturated heterocycles. The number of ether oxygens (including phenoxy) is 1. The van der Waals surface area contributed by atoms with E-state index in [9.17, 15) is 9.59 Å². The molecule has 0 aromatic carbocycles. The molecule has 0 aliphatic rings. The first kappa shape index (κ1) is 7.36. The molecule has 8 heavy (non-hydrogen) atoms. The van der Waals surface area contributed by atoms with Gasteiger partial charge < -0.3 is 4.74 Å². The minimum absolute atomic E-state index is 0.354. The lowest BCUT2D eigenvalue weighted by Crippen LogP contribution is -2.13. The second-order valence-electron chi connectivity index (χ2n) is 1.27. The fourth-order valence-electron chi connectivity index (χ4n) is 0.258. The molecule has 0 radical (unpaired) electrons. The van der Waals surface area contributed by atoms with E-state index in [1.165, 1.54) is 7.11 Å². The van der Waals surface area contributed by atoms with Crippen LogP contribution in [0.1, 0.15) is 0 Å². The zero-order chi connectivity index (χ0) is 6.57. The smallest absolute Gasteiger partial charge is 0.373 e. The maximum Gasteiger partial charge on any atom is 0.373 e. The number of methoxy groups -OCH3 is 1. The largest absolute Gasteiger partial charge is 0.463 e. The molecule has 0 bridgehead atoms. The fraction of sp³-hybridized carbons (Fsp3) is 0.500. The fourth-order valence-corrected chi connectivity index (χ4v) is 0.547. The van der Waals surface area contributed by atoms with E-state index in [2.05, 4.69) is 4.74 Å². The Balaban J connectivity index is 3.64. The van der Waals surface area contributed by atoms with Crippen LogP contribution >= 0.6 is 0 Å². The Morgan fingerprint density at radius 1 is 1.62 bits per heavy atom. The third-order valence-corrected chi connectivity index (χ3v) is 1.38. The van der Waals surface area contributed by atoms with E-state index in [-0.39, 0.29) is 0 Å². The standard InChI is InChI=1S/C4H8O3Si/c1-7-4(6)3(5)2-8/h2H2,1,8H3. The molecule has 0 N–H and O–H groups in total. The molecule has 0 amide bonds. The van der Waals surface area contributed by atoms with Gasteiger partial charge in [-0.15, -0.1) is 0 Å². The van der Waals surface area contributed by atoms with Gasteiger partial charge in [0.25, 0.3) is 0 Å². The zero-order valence-corrected chi connectivity index (χ0v) is 6.93. The van der Waals surface area contributed by atoms with Gasteiger partial charge in [0.05, 0.1) is 7.11 Å². The molecule has 0 aromatic heterocycles. The van der Waals surface area contributed by atoms with Gasteiger partial charge in [0.15, 0.2) is 0 Å². The predicted molar refractivity (Wildman–Crippen MR) is 31.8 cm³/mol. The molecule has 3 nitrogen and oxygen atoms in total. The third kappa shape index (κ3) is 1.88. The van der Waals surface area contributed by atoms with Crippen LogP contribution in [0, 0.1) is 0 Å². The molecule has 0 fully saturated rings. The summed E-state index contributed by atoms with van der Waals surface area (Å²) in [4.78, 5) is 20.5. The van der Waals surface area contributed by atoms with Gasteiger partial charge in [-0.3, -0.25) is 4.79 Å². The van der Waals surface area contributed by atoms with E-state index in [0.717, 1.165) is 10.2 Å². The monoisotopic (exact) mass is 132 g/mol. The molecule has 0 unspecified atom stereocenters. The first-order valence-electron chi connectivity index (χ1n) is 2.33. The summed E-state index contributed by atoms with van der Waals surface area (Å²) in [6.07, 6.45) is 0. The van der Waals surface area contributed by atoms with Crippen molar-refractivity contribution in [1.29, 1.82) is 0 Å². The van der Waals surface area contributed by atoms with Crippen molar-refractivity contribution in [3.8, 4) is 0 Å². The van der Waals surface area contributed by atoms with Gasteiger partial charge >= 0.3 is 5.97 Å². The zero-order valence-electron chi connectivity index (χ0n) is 4.93. The average molecular weight is 132 g/mol. The molecule has 0 aromatic rings. The molecule has 0 aliphatic carbocycles. The van der Waals surface area contributed by atoms with Crippen molar-refractivity contribution < 1.29 is 14.3 Å². The van der Waals surface area contributed by atoms with E-state index in [0.29, 0.717) is 6.04 Å². The van der Waals surface area contributed by atoms with Crippen molar-refractivity contribution in [3.63, 3.8) is 0 Å². The summed E-state index contributed by atoms with van der Waals surface area (Å²) in [6.45, 7) is 0. The van der Waals surface area contributed by atoms with Crippen LogP contribution in [0.2, 0.25) is 6.04 Å². The van der Waals surface area contributed by atoms with Crippen LogP contribution in [0.4, 0.5) is 0 Å². The van der Waals surface area contributed by atoms with Crippen LogP contribution in [0.5, 0.6) is 0 Å². The van der Waals surface area contributed by atoms with Gasteiger partial charge in [0.1, 0.15) is 0 Å². The van der Waals surface area contributed by atoms with Gasteiger partial charge in [-0.1, -0.05) is 0 Å². The number of hydrogen-bond acceptors (Lipinski definition) is 3. The maximum atomic E-state index is 10.3. The van der Waals surface area contributed by atoms with Crippen molar-refractivity contribution in [2.24, 2.45) is 0 Å². The molecule has 0 saturated carbocycles. The molecule has 4 heteroatoms. The highest BCUT2D eigenvalue weighted by Gasteiger charge is 2.08. The number of esters is 1. The summed E-state index contributed by atoms with van der Waals surface area (Å²) in [5, 5.41) is 0. The molecule has 0 rings (SSSR count). The lowest BCUT2D eigenvalue weighted by molar-refractivity contribution is -0.150. The number of carbonyl (C=O) groups excluding carboxylic acids is 2.